The SMILES string of the molecule is CC(C)[C@H](N)C(=O)Nc1ccc(OCc2cn3ccccc3n2)cc1.Cl.Cl. The third-order valence-corrected chi connectivity index (χ3v) is 3.94. The van der Waals surface area contributed by atoms with Crippen LogP contribution in [-0.2, 0) is 11.4 Å². The molecule has 2 aromatic heterocycles. The number of aromatic nitrogens is 2. The highest BCUT2D eigenvalue weighted by molar-refractivity contribution is 5.94. The summed E-state index contributed by atoms with van der Waals surface area (Å²) in [7, 11) is 0. The maximum Gasteiger partial charge on any atom is 0.241 e. The molecule has 0 bridgehead atoms. The van der Waals surface area contributed by atoms with Crippen LogP contribution in [0.5, 0.6) is 5.75 Å². The van der Waals surface area contributed by atoms with Gasteiger partial charge >= 0.3 is 0 Å². The van der Waals surface area contributed by atoms with Gasteiger partial charge in [0.25, 0.3) is 0 Å². The first-order valence-electron chi connectivity index (χ1n) is 8.25. The van der Waals surface area contributed by atoms with Crippen LogP contribution in [-0.4, -0.2) is 21.3 Å². The van der Waals surface area contributed by atoms with Gasteiger partial charge < -0.3 is 20.2 Å². The summed E-state index contributed by atoms with van der Waals surface area (Å²) in [6, 6.07) is 12.5. The largest absolute Gasteiger partial charge is 0.487 e. The molecule has 0 saturated heterocycles. The number of fused-ring (bicyclic) bond motifs is 1. The Labute approximate surface area is 170 Å². The Morgan fingerprint density at radius 3 is 2.52 bits per heavy atom. The molecule has 0 aliphatic heterocycles. The minimum Gasteiger partial charge on any atom is -0.487 e. The van der Waals surface area contributed by atoms with Crippen molar-refractivity contribution in [1.29, 1.82) is 0 Å². The molecular weight excluding hydrogens is 387 g/mol. The molecule has 1 amide bonds. The molecule has 0 unspecified atom stereocenters. The van der Waals surface area contributed by atoms with Crippen LogP contribution in [0.25, 0.3) is 5.65 Å². The number of amides is 1. The minimum atomic E-state index is -0.522. The number of pyridine rings is 1. The van der Waals surface area contributed by atoms with Gasteiger partial charge in [-0.1, -0.05) is 19.9 Å². The lowest BCUT2D eigenvalue weighted by molar-refractivity contribution is -0.118. The molecule has 1 atom stereocenters. The Balaban J connectivity index is 0.00000182. The number of hydrogen-bond acceptors (Lipinski definition) is 4. The summed E-state index contributed by atoms with van der Waals surface area (Å²) in [6.45, 7) is 4.21. The maximum absolute atomic E-state index is 12.0. The van der Waals surface area contributed by atoms with E-state index in [2.05, 4.69) is 10.3 Å². The number of nitrogens with two attached hydrogens (primary N) is 1. The van der Waals surface area contributed by atoms with Crippen molar-refractivity contribution in [2.24, 2.45) is 11.7 Å². The molecule has 6 nitrogen and oxygen atoms in total. The fraction of sp³-hybridized carbons (Fsp3) is 0.263. The zero-order valence-corrected chi connectivity index (χ0v) is 16.8. The summed E-state index contributed by atoms with van der Waals surface area (Å²) in [5.41, 5.74) is 8.27. The topological polar surface area (TPSA) is 81.7 Å². The number of rotatable bonds is 6. The Bertz CT molecular complexity index is 833. The average molecular weight is 411 g/mol. The quantitative estimate of drug-likeness (QED) is 0.649. The molecule has 8 heteroatoms. The third kappa shape index (κ3) is 5.85. The van der Waals surface area contributed by atoms with Gasteiger partial charge in [-0.2, -0.15) is 0 Å². The molecule has 0 aliphatic rings. The second-order valence-electron chi connectivity index (χ2n) is 6.27. The first kappa shape index (κ1) is 22.8. The average Bonchev–Trinajstić information content (AvgIpc) is 3.03. The lowest BCUT2D eigenvalue weighted by atomic mass is 10.1. The van der Waals surface area contributed by atoms with E-state index in [9.17, 15) is 4.79 Å². The molecule has 2 heterocycles. The molecule has 27 heavy (non-hydrogen) atoms. The highest BCUT2D eigenvalue weighted by Gasteiger charge is 2.17. The number of carbonyl (C=O) groups is 1. The van der Waals surface area contributed by atoms with Crippen LogP contribution in [0.1, 0.15) is 19.5 Å². The summed E-state index contributed by atoms with van der Waals surface area (Å²) in [5, 5.41) is 2.81. The number of nitrogens with zero attached hydrogens (tertiary/aromatic N) is 2. The Hall–Kier alpha value is -2.28. The molecule has 1 aromatic carbocycles. The van der Waals surface area contributed by atoms with Gasteiger partial charge in [0.05, 0.1) is 11.7 Å². The molecular formula is C19H24Cl2N4O2. The van der Waals surface area contributed by atoms with E-state index in [1.807, 2.05) is 61.0 Å². The van der Waals surface area contributed by atoms with Crippen molar-refractivity contribution < 1.29 is 9.53 Å². The van der Waals surface area contributed by atoms with E-state index in [-0.39, 0.29) is 36.6 Å². The van der Waals surface area contributed by atoms with E-state index < -0.39 is 6.04 Å². The van der Waals surface area contributed by atoms with E-state index in [4.69, 9.17) is 10.5 Å². The number of carbonyl (C=O) groups excluding carboxylic acids is 1. The lowest BCUT2D eigenvalue weighted by Crippen LogP contribution is -2.39. The zero-order valence-electron chi connectivity index (χ0n) is 15.2. The number of anilines is 1. The molecule has 0 radical (unpaired) electrons. The monoisotopic (exact) mass is 410 g/mol. The summed E-state index contributed by atoms with van der Waals surface area (Å²) < 4.78 is 7.71. The Morgan fingerprint density at radius 2 is 1.89 bits per heavy atom. The highest BCUT2D eigenvalue weighted by atomic mass is 35.5. The second-order valence-corrected chi connectivity index (χ2v) is 6.27. The second kappa shape index (κ2) is 10.2. The molecule has 3 N–H and O–H groups in total. The van der Waals surface area contributed by atoms with Crippen LogP contribution >= 0.6 is 24.8 Å². The van der Waals surface area contributed by atoms with Gasteiger partial charge in [-0.15, -0.1) is 24.8 Å². The van der Waals surface area contributed by atoms with E-state index in [0.29, 0.717) is 18.0 Å². The van der Waals surface area contributed by atoms with Gasteiger partial charge in [-0.05, 0) is 42.3 Å². The summed E-state index contributed by atoms with van der Waals surface area (Å²) in [5.74, 6) is 0.615. The Kier molecular flexibility index (Phi) is 8.56. The van der Waals surface area contributed by atoms with E-state index in [1.54, 1.807) is 12.1 Å². The van der Waals surface area contributed by atoms with Gasteiger partial charge in [0.15, 0.2) is 0 Å². The van der Waals surface area contributed by atoms with Crippen LogP contribution in [0.15, 0.2) is 54.9 Å². The Morgan fingerprint density at radius 1 is 1.19 bits per heavy atom. The fourth-order valence-electron chi connectivity index (χ4n) is 2.38. The lowest BCUT2D eigenvalue weighted by Gasteiger charge is -2.15. The number of ether oxygens (including phenoxy) is 1. The van der Waals surface area contributed by atoms with Gasteiger partial charge in [0.2, 0.25) is 5.91 Å². The highest BCUT2D eigenvalue weighted by Crippen LogP contribution is 2.17. The van der Waals surface area contributed by atoms with Crippen molar-refractivity contribution in [2.45, 2.75) is 26.5 Å². The van der Waals surface area contributed by atoms with Gasteiger partial charge in [0, 0.05) is 18.1 Å². The van der Waals surface area contributed by atoms with Gasteiger partial charge in [0.1, 0.15) is 18.0 Å². The van der Waals surface area contributed by atoms with E-state index >= 15 is 0 Å². The smallest absolute Gasteiger partial charge is 0.241 e. The van der Waals surface area contributed by atoms with Crippen molar-refractivity contribution in [1.82, 2.24) is 9.38 Å². The zero-order chi connectivity index (χ0) is 17.8. The number of halogens is 2. The van der Waals surface area contributed by atoms with Crippen LogP contribution < -0.4 is 15.8 Å². The van der Waals surface area contributed by atoms with Crippen molar-refractivity contribution in [3.05, 3.63) is 60.6 Å². The van der Waals surface area contributed by atoms with Crippen LogP contribution in [0.2, 0.25) is 0 Å². The minimum absolute atomic E-state index is 0. The van der Waals surface area contributed by atoms with Crippen LogP contribution in [0, 0.1) is 5.92 Å². The number of hydrogen-bond donors (Lipinski definition) is 2. The number of nitrogens with one attached hydrogen (secondary N) is 1. The standard InChI is InChI=1S/C19H22N4O2.2ClH/c1-13(2)18(20)19(24)22-14-6-8-16(9-7-14)25-12-15-11-23-10-4-3-5-17(23)21-15;;/h3-11,13,18H,12,20H2,1-2H3,(H,22,24);2*1H/t18-;;/m0../s1. The number of benzene rings is 1. The maximum atomic E-state index is 12.0. The van der Waals surface area contributed by atoms with Gasteiger partial charge in [-0.3, -0.25) is 4.79 Å². The van der Waals surface area contributed by atoms with Crippen molar-refractivity contribution >= 4 is 42.1 Å². The molecule has 0 saturated carbocycles. The molecule has 3 aromatic rings. The van der Waals surface area contributed by atoms with Crippen LogP contribution in [0.3, 0.4) is 0 Å². The fourth-order valence-corrected chi connectivity index (χ4v) is 2.38. The predicted octanol–water partition coefficient (Wildman–Crippen LogP) is 3.68. The molecule has 0 spiro atoms. The van der Waals surface area contributed by atoms with Crippen molar-refractivity contribution in [2.75, 3.05) is 5.32 Å². The summed E-state index contributed by atoms with van der Waals surface area (Å²) in [6.07, 6.45) is 3.89. The molecule has 0 fully saturated rings. The van der Waals surface area contributed by atoms with Crippen molar-refractivity contribution in [3.8, 4) is 5.75 Å². The molecule has 0 aliphatic carbocycles. The summed E-state index contributed by atoms with van der Waals surface area (Å²) >= 11 is 0. The first-order valence-corrected chi connectivity index (χ1v) is 8.25. The predicted molar refractivity (Wildman–Crippen MR) is 112 cm³/mol. The molecule has 146 valence electrons. The molecule has 3 rings (SSSR count). The summed E-state index contributed by atoms with van der Waals surface area (Å²) in [4.78, 5) is 16.4. The third-order valence-electron chi connectivity index (χ3n) is 3.94. The first-order chi connectivity index (χ1) is 12.0. The van der Waals surface area contributed by atoms with E-state index in [0.717, 1.165) is 11.3 Å². The normalized spacial score (nSPS) is 11.4. The van der Waals surface area contributed by atoms with Crippen LogP contribution in [0.4, 0.5) is 5.69 Å². The number of imidazole rings is 1. The van der Waals surface area contributed by atoms with Gasteiger partial charge in [-0.25, -0.2) is 4.98 Å². The van der Waals surface area contributed by atoms with Crippen molar-refractivity contribution in [3.63, 3.8) is 0 Å². The van der Waals surface area contributed by atoms with E-state index in [1.165, 1.54) is 0 Å².